The van der Waals surface area contributed by atoms with Crippen LogP contribution in [0.5, 0.6) is 5.75 Å². The van der Waals surface area contributed by atoms with Gasteiger partial charge in [-0.05, 0) is 54.2 Å². The molecule has 2 aromatic rings. The molecule has 0 radical (unpaired) electrons. The average Bonchev–Trinajstić information content (AvgIpc) is 2.71. The van der Waals surface area contributed by atoms with E-state index in [4.69, 9.17) is 4.74 Å². The van der Waals surface area contributed by atoms with Gasteiger partial charge in [0.25, 0.3) is 0 Å². The average molecular weight is 411 g/mol. The van der Waals surface area contributed by atoms with E-state index in [0.29, 0.717) is 18.9 Å². The number of anilines is 1. The Morgan fingerprint density at radius 1 is 1.10 bits per heavy atom. The Hall–Kier alpha value is -3.02. The van der Waals surface area contributed by atoms with Crippen LogP contribution in [0, 0.1) is 12.8 Å². The van der Waals surface area contributed by atoms with Crippen LogP contribution in [0.25, 0.3) is 0 Å². The normalized spacial score (nSPS) is 11.3. The zero-order chi connectivity index (χ0) is 21.9. The highest BCUT2D eigenvalue weighted by atomic mass is 16.5. The lowest BCUT2D eigenvalue weighted by molar-refractivity contribution is -0.116. The van der Waals surface area contributed by atoms with Crippen molar-refractivity contribution in [1.29, 1.82) is 0 Å². The van der Waals surface area contributed by atoms with E-state index >= 15 is 0 Å². The summed E-state index contributed by atoms with van der Waals surface area (Å²) in [7, 11) is 3.45. The van der Waals surface area contributed by atoms with Crippen LogP contribution in [0.4, 0.5) is 5.69 Å². The lowest BCUT2D eigenvalue weighted by atomic mass is 10.1. The van der Waals surface area contributed by atoms with Crippen LogP contribution in [0.1, 0.15) is 37.0 Å². The zero-order valence-electron chi connectivity index (χ0n) is 18.7. The molecule has 0 aromatic heterocycles. The van der Waals surface area contributed by atoms with Gasteiger partial charge in [0.05, 0.1) is 7.11 Å². The van der Waals surface area contributed by atoms with Gasteiger partial charge in [-0.25, -0.2) is 0 Å². The van der Waals surface area contributed by atoms with Gasteiger partial charge in [-0.3, -0.25) is 9.79 Å². The van der Waals surface area contributed by atoms with Gasteiger partial charge in [-0.15, -0.1) is 0 Å². The third-order valence-electron chi connectivity index (χ3n) is 4.67. The summed E-state index contributed by atoms with van der Waals surface area (Å²) in [4.78, 5) is 16.3. The Morgan fingerprint density at radius 2 is 1.90 bits per heavy atom. The Labute approximate surface area is 180 Å². The lowest BCUT2D eigenvalue weighted by Crippen LogP contribution is -2.37. The smallest absolute Gasteiger partial charge is 0.224 e. The number of ether oxygens (including phenoxy) is 1. The Balaban J connectivity index is 1.82. The highest BCUT2D eigenvalue weighted by molar-refractivity contribution is 5.90. The fourth-order valence-corrected chi connectivity index (χ4v) is 3.09. The van der Waals surface area contributed by atoms with Gasteiger partial charge in [0, 0.05) is 32.2 Å². The standard InChI is InChI=1S/C24H34N4O2/c1-17(2)13-23(29)28-21-8-6-7-20(14-21)16-27-24(25-4)26-12-11-19-10-9-18(3)22(15-19)30-5/h6-10,14-15,17H,11-13,16H2,1-5H3,(H,28,29)(H2,25,26,27). The second kappa shape index (κ2) is 11.9. The predicted molar refractivity (Wildman–Crippen MR) is 124 cm³/mol. The maximum Gasteiger partial charge on any atom is 0.224 e. The topological polar surface area (TPSA) is 74.8 Å². The van der Waals surface area contributed by atoms with Gasteiger partial charge < -0.3 is 20.7 Å². The van der Waals surface area contributed by atoms with E-state index in [1.807, 2.05) is 45.0 Å². The number of nitrogens with one attached hydrogen (secondary N) is 3. The van der Waals surface area contributed by atoms with Crippen LogP contribution < -0.4 is 20.7 Å². The molecule has 0 aliphatic rings. The van der Waals surface area contributed by atoms with Gasteiger partial charge in [0.2, 0.25) is 5.91 Å². The van der Waals surface area contributed by atoms with Crippen molar-refractivity contribution in [3.8, 4) is 5.75 Å². The number of hydrogen-bond acceptors (Lipinski definition) is 3. The number of guanidine groups is 1. The highest BCUT2D eigenvalue weighted by Crippen LogP contribution is 2.19. The number of aryl methyl sites for hydroxylation is 1. The van der Waals surface area contributed by atoms with Crippen molar-refractivity contribution >= 4 is 17.6 Å². The molecule has 2 rings (SSSR count). The minimum atomic E-state index is 0.0420. The molecule has 30 heavy (non-hydrogen) atoms. The third-order valence-corrected chi connectivity index (χ3v) is 4.67. The number of carbonyl (C=O) groups is 1. The molecule has 0 bridgehead atoms. The van der Waals surface area contributed by atoms with Crippen LogP contribution in [-0.4, -0.2) is 32.6 Å². The summed E-state index contributed by atoms with van der Waals surface area (Å²) in [5.41, 5.74) is 4.24. The maximum atomic E-state index is 12.0. The number of benzene rings is 2. The molecule has 0 aliphatic carbocycles. The second-order valence-electron chi connectivity index (χ2n) is 7.75. The molecule has 6 nitrogen and oxygen atoms in total. The quantitative estimate of drug-likeness (QED) is 0.433. The third kappa shape index (κ3) is 7.78. The van der Waals surface area contributed by atoms with E-state index in [1.54, 1.807) is 14.2 Å². The summed E-state index contributed by atoms with van der Waals surface area (Å²) in [6.45, 7) is 7.49. The van der Waals surface area contributed by atoms with Crippen LogP contribution in [0.15, 0.2) is 47.5 Å². The molecule has 0 heterocycles. The monoisotopic (exact) mass is 410 g/mol. The maximum absolute atomic E-state index is 12.0. The van der Waals surface area contributed by atoms with Crippen molar-refractivity contribution in [1.82, 2.24) is 10.6 Å². The van der Waals surface area contributed by atoms with Crippen molar-refractivity contribution in [2.24, 2.45) is 10.9 Å². The van der Waals surface area contributed by atoms with Gasteiger partial charge in [0.15, 0.2) is 5.96 Å². The largest absolute Gasteiger partial charge is 0.496 e. The summed E-state index contributed by atoms with van der Waals surface area (Å²) in [6, 6.07) is 14.1. The number of rotatable bonds is 9. The molecule has 0 saturated heterocycles. The molecule has 2 aromatic carbocycles. The number of carbonyl (C=O) groups excluding carboxylic acids is 1. The minimum absolute atomic E-state index is 0.0420. The molecule has 162 valence electrons. The lowest BCUT2D eigenvalue weighted by Gasteiger charge is -2.13. The Bertz CT molecular complexity index is 862. The number of aliphatic imine (C=N–C) groups is 1. The fourth-order valence-electron chi connectivity index (χ4n) is 3.09. The molecular weight excluding hydrogens is 376 g/mol. The van der Waals surface area contributed by atoms with Crippen molar-refractivity contribution in [2.45, 2.75) is 40.2 Å². The first-order valence-corrected chi connectivity index (χ1v) is 10.4. The second-order valence-corrected chi connectivity index (χ2v) is 7.75. The Kier molecular flexibility index (Phi) is 9.19. The molecule has 0 atom stereocenters. The van der Waals surface area contributed by atoms with E-state index < -0.39 is 0 Å². The van der Waals surface area contributed by atoms with Crippen LogP contribution in [-0.2, 0) is 17.8 Å². The number of nitrogens with zero attached hydrogens (tertiary/aromatic N) is 1. The van der Waals surface area contributed by atoms with E-state index in [2.05, 4.69) is 39.1 Å². The molecule has 6 heteroatoms. The summed E-state index contributed by atoms with van der Waals surface area (Å²) < 4.78 is 5.39. The van der Waals surface area contributed by atoms with Crippen molar-refractivity contribution in [3.05, 3.63) is 59.2 Å². The summed E-state index contributed by atoms with van der Waals surface area (Å²) in [5.74, 6) is 2.03. The van der Waals surface area contributed by atoms with Gasteiger partial charge in [-0.1, -0.05) is 38.1 Å². The number of methoxy groups -OCH3 is 1. The van der Waals surface area contributed by atoms with Crippen molar-refractivity contribution in [3.63, 3.8) is 0 Å². The Morgan fingerprint density at radius 3 is 2.60 bits per heavy atom. The van der Waals surface area contributed by atoms with Crippen LogP contribution in [0.2, 0.25) is 0 Å². The molecule has 0 aliphatic heterocycles. The van der Waals surface area contributed by atoms with Gasteiger partial charge in [0.1, 0.15) is 5.75 Å². The van der Waals surface area contributed by atoms with E-state index in [9.17, 15) is 4.79 Å². The van der Waals surface area contributed by atoms with Crippen molar-refractivity contribution in [2.75, 3.05) is 26.0 Å². The van der Waals surface area contributed by atoms with E-state index in [1.165, 1.54) is 5.56 Å². The molecule has 0 spiro atoms. The van der Waals surface area contributed by atoms with Gasteiger partial charge >= 0.3 is 0 Å². The SMILES string of the molecule is CN=C(NCCc1ccc(C)c(OC)c1)NCc1cccc(NC(=O)CC(C)C)c1. The first kappa shape index (κ1) is 23.3. The van der Waals surface area contributed by atoms with Crippen LogP contribution >= 0.6 is 0 Å². The molecular formula is C24H34N4O2. The predicted octanol–water partition coefficient (Wildman–Crippen LogP) is 3.90. The first-order chi connectivity index (χ1) is 14.4. The molecule has 0 saturated carbocycles. The van der Waals surface area contributed by atoms with E-state index in [-0.39, 0.29) is 5.91 Å². The molecule has 0 unspecified atom stereocenters. The number of hydrogen-bond donors (Lipinski definition) is 3. The fraction of sp³-hybridized carbons (Fsp3) is 0.417. The molecule has 1 amide bonds. The minimum Gasteiger partial charge on any atom is -0.496 e. The zero-order valence-corrected chi connectivity index (χ0v) is 18.7. The summed E-state index contributed by atoms with van der Waals surface area (Å²) >= 11 is 0. The summed E-state index contributed by atoms with van der Waals surface area (Å²) in [5, 5.41) is 9.61. The van der Waals surface area contributed by atoms with Gasteiger partial charge in [-0.2, -0.15) is 0 Å². The van der Waals surface area contributed by atoms with Crippen LogP contribution in [0.3, 0.4) is 0 Å². The first-order valence-electron chi connectivity index (χ1n) is 10.4. The number of amides is 1. The molecule has 0 fully saturated rings. The summed E-state index contributed by atoms with van der Waals surface area (Å²) in [6.07, 6.45) is 1.39. The highest BCUT2D eigenvalue weighted by Gasteiger charge is 2.06. The van der Waals surface area contributed by atoms with E-state index in [0.717, 1.165) is 41.5 Å². The van der Waals surface area contributed by atoms with Crippen molar-refractivity contribution < 1.29 is 9.53 Å². The molecule has 3 N–H and O–H groups in total.